The van der Waals surface area contributed by atoms with E-state index in [0.717, 1.165) is 35.4 Å². The Kier molecular flexibility index (Phi) is 4.87. The second kappa shape index (κ2) is 7.27. The molecule has 0 saturated carbocycles. The maximum absolute atomic E-state index is 8.84. The van der Waals surface area contributed by atoms with Gasteiger partial charge in [-0.1, -0.05) is 6.92 Å². The molecule has 5 nitrogen and oxygen atoms in total. The number of rotatable bonds is 5. The van der Waals surface area contributed by atoms with Gasteiger partial charge in [-0.15, -0.1) is 11.3 Å². The van der Waals surface area contributed by atoms with Crippen LogP contribution in [-0.4, -0.2) is 29.6 Å². The highest BCUT2D eigenvalue weighted by molar-refractivity contribution is 7.19. The Morgan fingerprint density at radius 1 is 1.28 bits per heavy atom. The first-order valence-electron chi connectivity index (χ1n) is 9.50. The summed E-state index contributed by atoms with van der Waals surface area (Å²) in [6, 6.07) is 2.21. The SMILES string of the molecule is CC1CC[NH+](Cc2nc(NCCC#N)c3c4c(sc3n2)CCC4)CC1. The molecule has 3 heterocycles. The smallest absolute Gasteiger partial charge is 0.187 e. The first-order valence-corrected chi connectivity index (χ1v) is 10.3. The summed E-state index contributed by atoms with van der Waals surface area (Å²) >= 11 is 1.85. The summed E-state index contributed by atoms with van der Waals surface area (Å²) in [7, 11) is 0. The summed E-state index contributed by atoms with van der Waals surface area (Å²) in [4.78, 5) is 14.0. The lowest BCUT2D eigenvalue weighted by Crippen LogP contribution is -3.11. The first kappa shape index (κ1) is 16.7. The van der Waals surface area contributed by atoms with Crippen LogP contribution in [0.15, 0.2) is 0 Å². The van der Waals surface area contributed by atoms with Gasteiger partial charge < -0.3 is 10.2 Å². The normalized spacial score (nSPS) is 22.7. The van der Waals surface area contributed by atoms with Crippen LogP contribution >= 0.6 is 11.3 Å². The Hall–Kier alpha value is -1.71. The summed E-state index contributed by atoms with van der Waals surface area (Å²) in [5, 5.41) is 13.5. The third-order valence-corrected chi connectivity index (χ3v) is 6.72. The topological polar surface area (TPSA) is 66.0 Å². The number of aromatic nitrogens is 2. The van der Waals surface area contributed by atoms with Crippen molar-refractivity contribution in [1.29, 1.82) is 5.26 Å². The van der Waals surface area contributed by atoms with Crippen LogP contribution in [0.25, 0.3) is 10.2 Å². The van der Waals surface area contributed by atoms with Crippen molar-refractivity contribution in [2.24, 2.45) is 5.92 Å². The van der Waals surface area contributed by atoms with Crippen LogP contribution < -0.4 is 10.2 Å². The van der Waals surface area contributed by atoms with Crippen LogP contribution in [0, 0.1) is 17.2 Å². The fourth-order valence-corrected chi connectivity index (χ4v) is 5.33. The van der Waals surface area contributed by atoms with E-state index in [-0.39, 0.29) is 0 Å². The average Bonchev–Trinajstić information content (AvgIpc) is 3.18. The number of piperidine rings is 1. The van der Waals surface area contributed by atoms with Gasteiger partial charge in [0.15, 0.2) is 5.82 Å². The summed E-state index contributed by atoms with van der Waals surface area (Å²) in [5.41, 5.74) is 1.45. The molecule has 132 valence electrons. The number of anilines is 1. The van der Waals surface area contributed by atoms with Crippen LogP contribution in [0.2, 0.25) is 0 Å². The second-order valence-electron chi connectivity index (χ2n) is 7.47. The molecule has 0 amide bonds. The number of thiophene rings is 1. The first-order chi connectivity index (χ1) is 12.2. The minimum atomic E-state index is 0.502. The van der Waals surface area contributed by atoms with Gasteiger partial charge in [-0.25, -0.2) is 9.97 Å². The van der Waals surface area contributed by atoms with E-state index < -0.39 is 0 Å². The van der Waals surface area contributed by atoms with E-state index in [9.17, 15) is 0 Å². The molecule has 2 aromatic rings. The molecule has 4 rings (SSSR count). The number of nitriles is 1. The highest BCUT2D eigenvalue weighted by atomic mass is 32.1. The molecule has 1 aliphatic heterocycles. The predicted molar refractivity (Wildman–Crippen MR) is 101 cm³/mol. The Bertz CT molecular complexity index is 798. The highest BCUT2D eigenvalue weighted by Gasteiger charge is 2.24. The van der Waals surface area contributed by atoms with Gasteiger partial charge in [-0.2, -0.15) is 5.26 Å². The molecule has 0 spiro atoms. The van der Waals surface area contributed by atoms with Crippen molar-refractivity contribution in [3.05, 3.63) is 16.3 Å². The van der Waals surface area contributed by atoms with Crippen molar-refractivity contribution in [3.63, 3.8) is 0 Å². The van der Waals surface area contributed by atoms with E-state index >= 15 is 0 Å². The van der Waals surface area contributed by atoms with Gasteiger partial charge in [0.2, 0.25) is 0 Å². The van der Waals surface area contributed by atoms with Gasteiger partial charge in [-0.3, -0.25) is 0 Å². The van der Waals surface area contributed by atoms with Gasteiger partial charge in [0, 0.05) is 11.4 Å². The van der Waals surface area contributed by atoms with Gasteiger partial charge in [-0.05, 0) is 43.6 Å². The highest BCUT2D eigenvalue weighted by Crippen LogP contribution is 2.39. The van der Waals surface area contributed by atoms with E-state index in [1.54, 1.807) is 4.90 Å². The van der Waals surface area contributed by atoms with Gasteiger partial charge >= 0.3 is 0 Å². The number of aryl methyl sites for hydroxylation is 2. The molecule has 1 saturated heterocycles. The number of quaternary nitrogens is 1. The molecule has 0 atom stereocenters. The van der Waals surface area contributed by atoms with Crippen LogP contribution in [-0.2, 0) is 19.4 Å². The number of hydrogen-bond donors (Lipinski definition) is 2. The standard InChI is InChI=1S/C19H25N5S/c1-13-6-10-24(11-7-13)12-16-22-18(21-9-3-8-20)17-14-4-2-5-15(14)25-19(17)23-16/h13H,2-7,9-12H2,1H3,(H,21,22,23)/p+1. The quantitative estimate of drug-likeness (QED) is 0.807. The molecular weight excluding hydrogens is 330 g/mol. The zero-order valence-corrected chi connectivity index (χ0v) is 15.7. The summed E-state index contributed by atoms with van der Waals surface area (Å²) < 4.78 is 0. The lowest BCUT2D eigenvalue weighted by molar-refractivity contribution is -0.920. The largest absolute Gasteiger partial charge is 0.368 e. The summed E-state index contributed by atoms with van der Waals surface area (Å²) in [5.74, 6) is 2.77. The minimum Gasteiger partial charge on any atom is -0.368 e. The molecule has 25 heavy (non-hydrogen) atoms. The Balaban J connectivity index is 1.62. The number of nitrogens with zero attached hydrogens (tertiary/aromatic N) is 3. The monoisotopic (exact) mass is 356 g/mol. The molecule has 0 aromatic carbocycles. The molecule has 6 heteroatoms. The average molecular weight is 357 g/mol. The fraction of sp³-hybridized carbons (Fsp3) is 0.632. The maximum atomic E-state index is 8.84. The van der Waals surface area contributed by atoms with E-state index in [4.69, 9.17) is 15.2 Å². The number of hydrogen-bond acceptors (Lipinski definition) is 5. The lowest BCUT2D eigenvalue weighted by atomic mass is 9.99. The molecule has 0 unspecified atom stereocenters. The number of nitrogens with one attached hydrogen (secondary N) is 2. The fourth-order valence-electron chi connectivity index (χ4n) is 4.05. The molecular formula is C19H26N5S+. The number of fused-ring (bicyclic) bond motifs is 3. The van der Waals surface area contributed by atoms with Crippen molar-refractivity contribution in [3.8, 4) is 6.07 Å². The third kappa shape index (κ3) is 3.49. The number of likely N-dealkylation sites (tertiary alicyclic amines) is 1. The molecule has 0 radical (unpaired) electrons. The minimum absolute atomic E-state index is 0.502. The molecule has 2 aromatic heterocycles. The van der Waals surface area contributed by atoms with Crippen molar-refractivity contribution >= 4 is 27.4 Å². The molecule has 2 N–H and O–H groups in total. The Morgan fingerprint density at radius 3 is 2.92 bits per heavy atom. The van der Waals surface area contributed by atoms with Crippen molar-refractivity contribution in [2.75, 3.05) is 25.0 Å². The predicted octanol–water partition coefficient (Wildman–Crippen LogP) is 2.32. The van der Waals surface area contributed by atoms with Crippen molar-refractivity contribution in [2.45, 2.75) is 52.0 Å². The molecule has 2 aliphatic rings. The van der Waals surface area contributed by atoms with Gasteiger partial charge in [0.1, 0.15) is 17.2 Å². The Morgan fingerprint density at radius 2 is 2.12 bits per heavy atom. The van der Waals surface area contributed by atoms with Crippen LogP contribution in [0.3, 0.4) is 0 Å². The van der Waals surface area contributed by atoms with E-state index in [1.807, 2.05) is 11.3 Å². The lowest BCUT2D eigenvalue weighted by Gasteiger charge is -2.26. The third-order valence-electron chi connectivity index (χ3n) is 5.53. The van der Waals surface area contributed by atoms with Crippen molar-refractivity contribution < 1.29 is 4.90 Å². The van der Waals surface area contributed by atoms with Gasteiger partial charge in [0.25, 0.3) is 0 Å². The maximum Gasteiger partial charge on any atom is 0.187 e. The summed E-state index contributed by atoms with van der Waals surface area (Å²) in [6.07, 6.45) is 6.67. The zero-order valence-electron chi connectivity index (χ0n) is 14.9. The van der Waals surface area contributed by atoms with Crippen LogP contribution in [0.4, 0.5) is 5.82 Å². The Labute approximate surface area is 153 Å². The molecule has 1 fully saturated rings. The van der Waals surface area contributed by atoms with E-state index in [2.05, 4.69) is 18.3 Å². The van der Waals surface area contributed by atoms with E-state index in [1.165, 1.54) is 54.6 Å². The zero-order chi connectivity index (χ0) is 17.2. The van der Waals surface area contributed by atoms with Gasteiger partial charge in [0.05, 0.1) is 31.0 Å². The second-order valence-corrected chi connectivity index (χ2v) is 8.55. The van der Waals surface area contributed by atoms with Crippen LogP contribution in [0.1, 0.15) is 48.9 Å². The molecule has 0 bridgehead atoms. The molecule has 1 aliphatic carbocycles. The van der Waals surface area contributed by atoms with Crippen LogP contribution in [0.5, 0.6) is 0 Å². The van der Waals surface area contributed by atoms with E-state index in [0.29, 0.717) is 13.0 Å². The summed E-state index contributed by atoms with van der Waals surface area (Å²) in [6.45, 7) is 6.37. The van der Waals surface area contributed by atoms with Crippen molar-refractivity contribution in [1.82, 2.24) is 9.97 Å².